The third kappa shape index (κ3) is 4.83. The van der Waals surface area contributed by atoms with Crippen LogP contribution in [0.15, 0.2) is 35.3 Å². The Morgan fingerprint density at radius 2 is 2.29 bits per heavy atom. The Kier molecular flexibility index (Phi) is 5.90. The van der Waals surface area contributed by atoms with Gasteiger partial charge in [0.05, 0.1) is 23.4 Å². The molecule has 0 radical (unpaired) electrons. The predicted molar refractivity (Wildman–Crippen MR) is 92.5 cm³/mol. The van der Waals surface area contributed by atoms with Crippen molar-refractivity contribution in [2.24, 2.45) is 0 Å². The second-order valence-electron chi connectivity index (χ2n) is 6.07. The van der Waals surface area contributed by atoms with Crippen LogP contribution in [-0.4, -0.2) is 51.1 Å². The minimum absolute atomic E-state index is 0.0299. The minimum Gasteiger partial charge on any atom is -0.390 e. The number of aryl methyl sites for hydroxylation is 1. The number of aliphatic hydroxyl groups excluding tert-OH is 1. The van der Waals surface area contributed by atoms with E-state index in [1.54, 1.807) is 17.5 Å². The van der Waals surface area contributed by atoms with E-state index in [1.165, 1.54) is 0 Å². The summed E-state index contributed by atoms with van der Waals surface area (Å²) < 4.78 is 0. The lowest BCUT2D eigenvalue weighted by atomic mass is 10.0. The number of aliphatic hydroxyl groups is 1. The van der Waals surface area contributed by atoms with Gasteiger partial charge in [-0.2, -0.15) is 0 Å². The smallest absolute Gasteiger partial charge is 0.220 e. The number of rotatable bonds is 6. The summed E-state index contributed by atoms with van der Waals surface area (Å²) in [6.45, 7) is 2.16. The molecule has 24 heavy (non-hydrogen) atoms. The van der Waals surface area contributed by atoms with Gasteiger partial charge in [0.2, 0.25) is 5.91 Å². The number of aromatic nitrogens is 2. The maximum absolute atomic E-state index is 12.1. The summed E-state index contributed by atoms with van der Waals surface area (Å²) in [6.07, 6.45) is 2.94. The second-order valence-corrected chi connectivity index (χ2v) is 6.78. The SMILES string of the molecule is O=C(CCc1ccccn1)N[C@@H]1CCN(Cc2cscn2)C[C@H]1O. The largest absolute Gasteiger partial charge is 0.390 e. The lowest BCUT2D eigenvalue weighted by Gasteiger charge is -2.35. The molecule has 0 bridgehead atoms. The molecule has 3 heterocycles. The number of nitrogens with one attached hydrogen (secondary N) is 1. The normalized spacial score (nSPS) is 21.5. The van der Waals surface area contributed by atoms with Crippen LogP contribution in [0.4, 0.5) is 0 Å². The molecule has 1 saturated heterocycles. The summed E-state index contributed by atoms with van der Waals surface area (Å²) in [6, 6.07) is 5.52. The molecule has 6 nitrogen and oxygen atoms in total. The van der Waals surface area contributed by atoms with E-state index in [2.05, 4.69) is 20.2 Å². The van der Waals surface area contributed by atoms with E-state index < -0.39 is 6.10 Å². The molecule has 128 valence electrons. The van der Waals surface area contributed by atoms with Gasteiger partial charge in [-0.3, -0.25) is 14.7 Å². The van der Waals surface area contributed by atoms with E-state index in [0.717, 1.165) is 30.9 Å². The van der Waals surface area contributed by atoms with Gasteiger partial charge >= 0.3 is 0 Å². The lowest BCUT2D eigenvalue weighted by Crippen LogP contribution is -2.53. The molecule has 0 saturated carbocycles. The number of carbonyl (C=O) groups excluding carboxylic acids is 1. The van der Waals surface area contributed by atoms with E-state index in [4.69, 9.17) is 0 Å². The van der Waals surface area contributed by atoms with Crippen LogP contribution in [0, 0.1) is 0 Å². The molecule has 1 amide bonds. The first-order valence-corrected chi connectivity index (χ1v) is 9.12. The summed E-state index contributed by atoms with van der Waals surface area (Å²) in [5.74, 6) is -0.0299. The first kappa shape index (κ1) is 17.0. The third-order valence-corrected chi connectivity index (χ3v) is 4.85. The zero-order valence-electron chi connectivity index (χ0n) is 13.5. The van der Waals surface area contributed by atoms with Gasteiger partial charge in [0.15, 0.2) is 0 Å². The van der Waals surface area contributed by atoms with Gasteiger partial charge in [-0.05, 0) is 25.0 Å². The zero-order chi connectivity index (χ0) is 16.8. The Morgan fingerprint density at radius 3 is 3.00 bits per heavy atom. The zero-order valence-corrected chi connectivity index (χ0v) is 14.3. The quantitative estimate of drug-likeness (QED) is 0.822. The van der Waals surface area contributed by atoms with Crippen LogP contribution >= 0.6 is 11.3 Å². The van der Waals surface area contributed by atoms with Crippen LogP contribution in [0.5, 0.6) is 0 Å². The van der Waals surface area contributed by atoms with Gasteiger partial charge < -0.3 is 10.4 Å². The maximum atomic E-state index is 12.1. The van der Waals surface area contributed by atoms with Crippen LogP contribution in [0.1, 0.15) is 24.2 Å². The number of amides is 1. The lowest BCUT2D eigenvalue weighted by molar-refractivity contribution is -0.123. The number of hydrogen-bond acceptors (Lipinski definition) is 6. The number of thiazole rings is 1. The van der Waals surface area contributed by atoms with Crippen molar-refractivity contribution >= 4 is 17.2 Å². The van der Waals surface area contributed by atoms with E-state index in [-0.39, 0.29) is 11.9 Å². The van der Waals surface area contributed by atoms with Gasteiger partial charge in [0.25, 0.3) is 0 Å². The number of likely N-dealkylation sites (tertiary alicyclic amines) is 1. The molecule has 2 aromatic heterocycles. The van der Waals surface area contributed by atoms with Gasteiger partial charge in [-0.15, -0.1) is 11.3 Å². The van der Waals surface area contributed by atoms with Crippen molar-refractivity contribution in [2.45, 2.75) is 38.0 Å². The number of hydrogen-bond donors (Lipinski definition) is 2. The van der Waals surface area contributed by atoms with Crippen LogP contribution in [0.25, 0.3) is 0 Å². The average molecular weight is 346 g/mol. The molecule has 2 N–H and O–H groups in total. The Bertz CT molecular complexity index is 635. The molecule has 7 heteroatoms. The molecule has 1 fully saturated rings. The van der Waals surface area contributed by atoms with Crippen molar-refractivity contribution in [3.8, 4) is 0 Å². The van der Waals surface area contributed by atoms with Crippen LogP contribution in [0.3, 0.4) is 0 Å². The van der Waals surface area contributed by atoms with Crippen LogP contribution in [-0.2, 0) is 17.8 Å². The molecule has 0 spiro atoms. The summed E-state index contributed by atoms with van der Waals surface area (Å²) in [5, 5.41) is 15.3. The fourth-order valence-corrected chi connectivity index (χ4v) is 3.47. The Labute approximate surface area is 145 Å². The van der Waals surface area contributed by atoms with Crippen LogP contribution < -0.4 is 5.32 Å². The van der Waals surface area contributed by atoms with Crippen molar-refractivity contribution in [1.29, 1.82) is 0 Å². The summed E-state index contributed by atoms with van der Waals surface area (Å²) >= 11 is 1.58. The molecule has 2 aromatic rings. The van der Waals surface area contributed by atoms with Gasteiger partial charge in [0.1, 0.15) is 0 Å². The molecule has 1 aliphatic rings. The third-order valence-electron chi connectivity index (χ3n) is 4.22. The summed E-state index contributed by atoms with van der Waals surface area (Å²) in [7, 11) is 0. The standard InChI is InChI=1S/C17H22N4O2S/c22-16-10-21(9-14-11-24-12-19-14)8-6-15(16)20-17(23)5-4-13-3-1-2-7-18-13/h1-3,7,11-12,15-16,22H,4-6,8-10H2,(H,20,23)/t15-,16-/m1/s1. The van der Waals surface area contributed by atoms with Crippen molar-refractivity contribution in [3.05, 3.63) is 46.7 Å². The molecule has 0 aromatic carbocycles. The van der Waals surface area contributed by atoms with E-state index in [9.17, 15) is 9.90 Å². The highest BCUT2D eigenvalue weighted by molar-refractivity contribution is 7.07. The van der Waals surface area contributed by atoms with E-state index in [1.807, 2.05) is 29.1 Å². The molecule has 3 rings (SSSR count). The first-order chi connectivity index (χ1) is 11.7. The highest BCUT2D eigenvalue weighted by Gasteiger charge is 2.28. The van der Waals surface area contributed by atoms with E-state index in [0.29, 0.717) is 19.4 Å². The number of pyridine rings is 1. The Balaban J connectivity index is 1.42. The first-order valence-electron chi connectivity index (χ1n) is 8.17. The monoisotopic (exact) mass is 346 g/mol. The fourth-order valence-electron chi connectivity index (χ4n) is 2.92. The average Bonchev–Trinajstić information content (AvgIpc) is 3.09. The van der Waals surface area contributed by atoms with Gasteiger partial charge in [0, 0.05) is 43.3 Å². The Morgan fingerprint density at radius 1 is 1.38 bits per heavy atom. The molecular formula is C17H22N4O2S. The highest BCUT2D eigenvalue weighted by Crippen LogP contribution is 2.15. The van der Waals surface area contributed by atoms with Crippen molar-refractivity contribution in [2.75, 3.05) is 13.1 Å². The summed E-state index contributed by atoms with van der Waals surface area (Å²) in [5.41, 5.74) is 3.76. The van der Waals surface area contributed by atoms with Gasteiger partial charge in [-0.1, -0.05) is 6.07 Å². The minimum atomic E-state index is -0.545. The maximum Gasteiger partial charge on any atom is 0.220 e. The molecule has 0 unspecified atom stereocenters. The number of piperidine rings is 1. The fraction of sp³-hybridized carbons (Fsp3) is 0.471. The van der Waals surface area contributed by atoms with Crippen molar-refractivity contribution < 1.29 is 9.90 Å². The van der Waals surface area contributed by atoms with Crippen molar-refractivity contribution in [1.82, 2.24) is 20.2 Å². The topological polar surface area (TPSA) is 78.4 Å². The highest BCUT2D eigenvalue weighted by atomic mass is 32.1. The molecule has 0 aliphatic carbocycles. The molecular weight excluding hydrogens is 324 g/mol. The number of nitrogens with zero attached hydrogens (tertiary/aromatic N) is 3. The number of β-amino-alcohol motifs (C(OH)–C–C–N with tert-alkyl or cyclic N) is 1. The van der Waals surface area contributed by atoms with Crippen molar-refractivity contribution in [3.63, 3.8) is 0 Å². The number of carbonyl (C=O) groups is 1. The summed E-state index contributed by atoms with van der Waals surface area (Å²) in [4.78, 5) is 22.8. The van der Waals surface area contributed by atoms with E-state index >= 15 is 0 Å². The Hall–Kier alpha value is -1.83. The van der Waals surface area contributed by atoms with Crippen LogP contribution in [0.2, 0.25) is 0 Å². The molecule has 2 atom stereocenters. The molecule has 1 aliphatic heterocycles. The predicted octanol–water partition coefficient (Wildman–Crippen LogP) is 1.22. The van der Waals surface area contributed by atoms with Gasteiger partial charge in [-0.25, -0.2) is 4.98 Å². The second kappa shape index (κ2) is 8.32.